The molecule has 0 aliphatic rings. The predicted octanol–water partition coefficient (Wildman–Crippen LogP) is 3.69. The molecule has 0 radical (unpaired) electrons. The van der Waals surface area contributed by atoms with Crippen LogP contribution in [0.1, 0.15) is 11.1 Å². The van der Waals surface area contributed by atoms with Gasteiger partial charge in [-0.15, -0.1) is 11.8 Å². The molecular weight excluding hydrogens is 334 g/mol. The molecule has 0 atom stereocenters. The van der Waals surface area contributed by atoms with Gasteiger partial charge < -0.3 is 15.3 Å². The highest BCUT2D eigenvalue weighted by atomic mass is 32.2. The molecule has 0 aliphatic heterocycles. The van der Waals surface area contributed by atoms with E-state index in [-0.39, 0.29) is 0 Å². The van der Waals surface area contributed by atoms with E-state index in [1.165, 1.54) is 0 Å². The van der Waals surface area contributed by atoms with Crippen LogP contribution in [0.2, 0.25) is 0 Å². The maximum atomic E-state index is 5.71. The van der Waals surface area contributed by atoms with Crippen molar-refractivity contribution in [2.75, 3.05) is 20.5 Å². The molecule has 5 nitrogen and oxygen atoms in total. The average Bonchev–Trinajstić information content (AvgIpc) is 2.67. The minimum absolute atomic E-state index is 0.651. The SMILES string of the molecule is COc1cc2cc(/C(=N/N)c3ccccc3)c(SC)nc2cc1OC. The van der Waals surface area contributed by atoms with E-state index in [4.69, 9.17) is 20.3 Å². The number of aromatic nitrogens is 1. The molecule has 1 aromatic heterocycles. The maximum Gasteiger partial charge on any atom is 0.162 e. The summed E-state index contributed by atoms with van der Waals surface area (Å²) in [5.74, 6) is 7.02. The number of rotatable bonds is 5. The maximum absolute atomic E-state index is 5.71. The second-order valence-electron chi connectivity index (χ2n) is 5.29. The van der Waals surface area contributed by atoms with E-state index < -0.39 is 0 Å². The lowest BCUT2D eigenvalue weighted by atomic mass is 10.0. The monoisotopic (exact) mass is 353 g/mol. The highest BCUT2D eigenvalue weighted by Gasteiger charge is 2.16. The first kappa shape index (κ1) is 17.1. The van der Waals surface area contributed by atoms with E-state index >= 15 is 0 Å². The van der Waals surface area contributed by atoms with Gasteiger partial charge in [0.1, 0.15) is 5.03 Å². The molecule has 25 heavy (non-hydrogen) atoms. The minimum atomic E-state index is 0.651. The molecule has 2 aromatic carbocycles. The zero-order chi connectivity index (χ0) is 17.8. The summed E-state index contributed by atoms with van der Waals surface area (Å²) < 4.78 is 10.8. The fourth-order valence-corrected chi connectivity index (χ4v) is 3.27. The summed E-state index contributed by atoms with van der Waals surface area (Å²) in [4.78, 5) is 4.76. The van der Waals surface area contributed by atoms with E-state index in [9.17, 15) is 0 Å². The van der Waals surface area contributed by atoms with Crippen molar-refractivity contribution >= 4 is 28.4 Å². The van der Waals surface area contributed by atoms with Crippen LogP contribution in [0.4, 0.5) is 0 Å². The molecule has 0 unspecified atom stereocenters. The highest BCUT2D eigenvalue weighted by Crippen LogP contribution is 2.34. The van der Waals surface area contributed by atoms with Gasteiger partial charge in [-0.05, 0) is 18.4 Å². The van der Waals surface area contributed by atoms with Crippen molar-refractivity contribution in [2.45, 2.75) is 5.03 Å². The first-order valence-corrected chi connectivity index (χ1v) is 8.88. The Kier molecular flexibility index (Phi) is 5.09. The number of hydrogen-bond donors (Lipinski definition) is 1. The molecule has 0 bridgehead atoms. The molecule has 3 aromatic rings. The molecule has 0 saturated carbocycles. The van der Waals surface area contributed by atoms with Crippen LogP contribution in [-0.4, -0.2) is 31.2 Å². The van der Waals surface area contributed by atoms with Crippen molar-refractivity contribution in [3.63, 3.8) is 0 Å². The average molecular weight is 353 g/mol. The van der Waals surface area contributed by atoms with Gasteiger partial charge in [0, 0.05) is 22.6 Å². The Morgan fingerprint density at radius 1 is 1.04 bits per heavy atom. The number of methoxy groups -OCH3 is 2. The summed E-state index contributed by atoms with van der Waals surface area (Å²) >= 11 is 1.55. The van der Waals surface area contributed by atoms with Gasteiger partial charge in [-0.25, -0.2) is 4.98 Å². The fourth-order valence-electron chi connectivity index (χ4n) is 2.70. The predicted molar refractivity (Wildman–Crippen MR) is 103 cm³/mol. The summed E-state index contributed by atoms with van der Waals surface area (Å²) in [6, 6.07) is 15.7. The summed E-state index contributed by atoms with van der Waals surface area (Å²) in [5, 5.41) is 5.81. The van der Waals surface area contributed by atoms with Gasteiger partial charge >= 0.3 is 0 Å². The standard InChI is InChI=1S/C19H19N3O2S/c1-23-16-10-13-9-14(18(22-20)12-7-5-4-6-8-12)19(25-3)21-15(13)11-17(16)24-2/h4-11H,20H2,1-3H3/b22-18+. The smallest absolute Gasteiger partial charge is 0.162 e. The van der Waals surface area contributed by atoms with Crippen LogP contribution < -0.4 is 15.3 Å². The van der Waals surface area contributed by atoms with Crippen molar-refractivity contribution in [2.24, 2.45) is 10.9 Å². The van der Waals surface area contributed by atoms with Gasteiger partial charge in [-0.3, -0.25) is 0 Å². The van der Waals surface area contributed by atoms with E-state index in [1.54, 1.807) is 26.0 Å². The Labute approximate surface area is 150 Å². The Bertz CT molecular complexity index is 927. The number of pyridine rings is 1. The number of nitrogens with two attached hydrogens (primary N) is 1. The fraction of sp³-hybridized carbons (Fsp3) is 0.158. The van der Waals surface area contributed by atoms with Crippen LogP contribution in [0.3, 0.4) is 0 Å². The molecular formula is C19H19N3O2S. The van der Waals surface area contributed by atoms with Crippen molar-refractivity contribution in [3.05, 3.63) is 59.7 Å². The van der Waals surface area contributed by atoms with E-state index in [0.29, 0.717) is 17.2 Å². The zero-order valence-corrected chi connectivity index (χ0v) is 15.1. The van der Waals surface area contributed by atoms with Crippen LogP contribution in [0.25, 0.3) is 10.9 Å². The lowest BCUT2D eigenvalue weighted by molar-refractivity contribution is 0.356. The van der Waals surface area contributed by atoms with Crippen LogP contribution in [0, 0.1) is 0 Å². The Morgan fingerprint density at radius 3 is 2.32 bits per heavy atom. The van der Waals surface area contributed by atoms with Crippen LogP contribution in [0.15, 0.2) is 58.7 Å². The Balaban J connectivity index is 2.24. The molecule has 0 spiro atoms. The molecule has 0 aliphatic carbocycles. The normalized spacial score (nSPS) is 11.6. The molecule has 2 N–H and O–H groups in total. The quantitative estimate of drug-likeness (QED) is 0.328. The van der Waals surface area contributed by atoms with Crippen molar-refractivity contribution in [3.8, 4) is 11.5 Å². The Morgan fingerprint density at radius 2 is 1.72 bits per heavy atom. The largest absolute Gasteiger partial charge is 0.493 e. The lowest BCUT2D eigenvalue weighted by Crippen LogP contribution is -2.09. The first-order chi connectivity index (χ1) is 12.2. The summed E-state index contributed by atoms with van der Waals surface area (Å²) in [7, 11) is 3.23. The van der Waals surface area contributed by atoms with Crippen molar-refractivity contribution in [1.29, 1.82) is 0 Å². The second kappa shape index (κ2) is 7.44. The summed E-state index contributed by atoms with van der Waals surface area (Å²) in [5.41, 5.74) is 3.37. The molecule has 0 fully saturated rings. The Hall–Kier alpha value is -2.73. The number of thioether (sulfide) groups is 1. The van der Waals surface area contributed by atoms with E-state index in [0.717, 1.165) is 27.1 Å². The van der Waals surface area contributed by atoms with Gasteiger partial charge in [-0.2, -0.15) is 5.10 Å². The number of fused-ring (bicyclic) bond motifs is 1. The number of hydrazone groups is 1. The topological polar surface area (TPSA) is 69.7 Å². The highest BCUT2D eigenvalue weighted by molar-refractivity contribution is 7.98. The van der Waals surface area contributed by atoms with Gasteiger partial charge in [0.25, 0.3) is 0 Å². The zero-order valence-electron chi connectivity index (χ0n) is 14.3. The number of ether oxygens (including phenoxy) is 2. The number of hydrogen-bond acceptors (Lipinski definition) is 6. The molecule has 0 amide bonds. The van der Waals surface area contributed by atoms with E-state index in [1.807, 2.05) is 54.8 Å². The van der Waals surface area contributed by atoms with Crippen molar-refractivity contribution in [1.82, 2.24) is 4.98 Å². The summed E-state index contributed by atoms with van der Waals surface area (Å²) in [6.07, 6.45) is 1.98. The molecule has 0 saturated heterocycles. The third-order valence-corrected chi connectivity index (χ3v) is 4.61. The number of nitrogens with zero attached hydrogens (tertiary/aromatic N) is 2. The molecule has 128 valence electrons. The molecule has 6 heteroatoms. The molecule has 1 heterocycles. The van der Waals surface area contributed by atoms with Crippen molar-refractivity contribution < 1.29 is 9.47 Å². The minimum Gasteiger partial charge on any atom is -0.493 e. The second-order valence-corrected chi connectivity index (χ2v) is 6.08. The van der Waals surface area contributed by atoms with Gasteiger partial charge in [-0.1, -0.05) is 30.3 Å². The van der Waals surface area contributed by atoms with Crippen LogP contribution in [0.5, 0.6) is 11.5 Å². The van der Waals surface area contributed by atoms with Gasteiger partial charge in [0.15, 0.2) is 11.5 Å². The number of benzene rings is 2. The van der Waals surface area contributed by atoms with Gasteiger partial charge in [0.2, 0.25) is 0 Å². The summed E-state index contributed by atoms with van der Waals surface area (Å²) in [6.45, 7) is 0. The molecule has 3 rings (SSSR count). The third-order valence-electron chi connectivity index (χ3n) is 3.91. The van der Waals surface area contributed by atoms with Gasteiger partial charge in [0.05, 0.1) is 25.4 Å². The third kappa shape index (κ3) is 3.25. The van der Waals surface area contributed by atoms with Crippen LogP contribution in [-0.2, 0) is 0 Å². The lowest BCUT2D eigenvalue weighted by Gasteiger charge is -2.13. The van der Waals surface area contributed by atoms with Crippen LogP contribution >= 0.6 is 11.8 Å². The first-order valence-electron chi connectivity index (χ1n) is 7.66. The van der Waals surface area contributed by atoms with E-state index in [2.05, 4.69) is 5.10 Å².